The zero-order valence-electron chi connectivity index (χ0n) is 18.4. The smallest absolute Gasteiger partial charge is 0.291 e. The average molecular weight is 441 g/mol. The molecule has 7 heteroatoms. The van der Waals surface area contributed by atoms with Crippen LogP contribution in [0.4, 0.5) is 5.69 Å². The van der Waals surface area contributed by atoms with Gasteiger partial charge in [-0.15, -0.1) is 0 Å². The van der Waals surface area contributed by atoms with Gasteiger partial charge in [0.15, 0.2) is 5.76 Å². The van der Waals surface area contributed by atoms with Crippen molar-refractivity contribution in [1.29, 1.82) is 0 Å². The monoisotopic (exact) mass is 441 g/mol. The van der Waals surface area contributed by atoms with E-state index in [1.165, 1.54) is 6.26 Å². The first-order valence-electron chi connectivity index (χ1n) is 10.9. The van der Waals surface area contributed by atoms with Crippen molar-refractivity contribution in [3.8, 4) is 0 Å². The van der Waals surface area contributed by atoms with Crippen LogP contribution in [0, 0.1) is 13.8 Å². The zero-order chi connectivity index (χ0) is 22.9. The van der Waals surface area contributed by atoms with E-state index < -0.39 is 0 Å². The molecule has 4 aromatic rings. The number of hydrazone groups is 1. The average Bonchev–Trinajstić information content (AvgIpc) is 3.41. The van der Waals surface area contributed by atoms with E-state index >= 15 is 0 Å². The summed E-state index contributed by atoms with van der Waals surface area (Å²) in [5.74, 6) is 0.865. The highest BCUT2D eigenvalue weighted by Crippen LogP contribution is 2.31. The lowest BCUT2D eigenvalue weighted by molar-refractivity contribution is 0.0952. The third-order valence-corrected chi connectivity index (χ3v) is 5.97. The molecule has 2 aromatic carbocycles. The van der Waals surface area contributed by atoms with Crippen LogP contribution in [0.1, 0.15) is 56.4 Å². The number of aryl methyl sites for hydroxylation is 2. The fourth-order valence-electron chi connectivity index (χ4n) is 4.31. The number of furan rings is 2. The molecule has 0 fully saturated rings. The van der Waals surface area contributed by atoms with Gasteiger partial charge in [-0.25, -0.2) is 5.43 Å². The fraction of sp³-hybridized carbons (Fsp3) is 0.192. The maximum atomic E-state index is 13.1. The molecular weight excluding hydrogens is 418 g/mol. The Balaban J connectivity index is 1.42. The Morgan fingerprint density at radius 3 is 2.61 bits per heavy atom. The lowest BCUT2D eigenvalue weighted by Gasteiger charge is -2.13. The minimum Gasteiger partial charge on any atom is -0.469 e. The molecule has 2 aromatic heterocycles. The summed E-state index contributed by atoms with van der Waals surface area (Å²) in [5, 5.41) is 9.36. The number of amides is 2. The van der Waals surface area contributed by atoms with Gasteiger partial charge in [-0.2, -0.15) is 5.10 Å². The highest BCUT2D eigenvalue weighted by Gasteiger charge is 2.28. The number of fused-ring (bicyclic) bond motifs is 2. The van der Waals surface area contributed by atoms with Crippen LogP contribution in [-0.4, -0.2) is 17.5 Å². The van der Waals surface area contributed by atoms with Crippen LogP contribution in [0.2, 0.25) is 0 Å². The van der Waals surface area contributed by atoms with E-state index in [4.69, 9.17) is 8.83 Å². The van der Waals surface area contributed by atoms with Gasteiger partial charge in [0.25, 0.3) is 11.8 Å². The Labute approximate surface area is 190 Å². The van der Waals surface area contributed by atoms with Gasteiger partial charge in [-0.3, -0.25) is 9.59 Å². The highest BCUT2D eigenvalue weighted by molar-refractivity contribution is 6.11. The summed E-state index contributed by atoms with van der Waals surface area (Å²) in [5.41, 5.74) is 6.00. The first-order chi connectivity index (χ1) is 16.0. The second-order valence-electron chi connectivity index (χ2n) is 8.08. The standard InChI is InChI=1S/C26H23N3O4/c1-15-23-21(28-29-25(30)18-13-14-32-16(18)2)11-6-12-22(23)33-24(15)26(31)27-20-10-5-8-17-7-3-4-9-19(17)20/h3-5,7-10,13-14H,6,11-12H2,1-2H3,(H,27,31)(H,29,30)/b28-21+. The number of anilines is 1. The predicted molar refractivity (Wildman–Crippen MR) is 126 cm³/mol. The Morgan fingerprint density at radius 2 is 1.79 bits per heavy atom. The molecule has 2 amide bonds. The molecule has 0 atom stereocenters. The van der Waals surface area contributed by atoms with Crippen LogP contribution in [0.5, 0.6) is 0 Å². The molecule has 1 aliphatic rings. The molecule has 1 aliphatic carbocycles. The largest absolute Gasteiger partial charge is 0.469 e. The van der Waals surface area contributed by atoms with E-state index in [0.29, 0.717) is 35.6 Å². The second kappa shape index (κ2) is 8.43. The van der Waals surface area contributed by atoms with Crippen molar-refractivity contribution >= 4 is 34.0 Å². The summed E-state index contributed by atoms with van der Waals surface area (Å²) in [7, 11) is 0. The number of carbonyl (C=O) groups is 2. The maximum absolute atomic E-state index is 13.1. The van der Waals surface area contributed by atoms with E-state index in [0.717, 1.165) is 34.0 Å². The van der Waals surface area contributed by atoms with Crippen molar-refractivity contribution in [3.63, 3.8) is 0 Å². The van der Waals surface area contributed by atoms with Gasteiger partial charge >= 0.3 is 0 Å². The molecule has 0 spiro atoms. The predicted octanol–water partition coefficient (Wildman–Crippen LogP) is 5.37. The third kappa shape index (κ3) is 3.82. The summed E-state index contributed by atoms with van der Waals surface area (Å²) in [6, 6.07) is 15.3. The Bertz CT molecular complexity index is 1400. The van der Waals surface area contributed by atoms with E-state index in [9.17, 15) is 9.59 Å². The number of carbonyl (C=O) groups excluding carboxylic acids is 2. The maximum Gasteiger partial charge on any atom is 0.291 e. The molecule has 166 valence electrons. The van der Waals surface area contributed by atoms with Crippen LogP contribution in [-0.2, 0) is 6.42 Å². The van der Waals surface area contributed by atoms with Gasteiger partial charge in [-0.1, -0.05) is 36.4 Å². The number of hydrogen-bond acceptors (Lipinski definition) is 5. The van der Waals surface area contributed by atoms with E-state index in [2.05, 4.69) is 15.8 Å². The Morgan fingerprint density at radius 1 is 0.970 bits per heavy atom. The molecule has 7 nitrogen and oxygen atoms in total. The molecule has 0 bridgehead atoms. The van der Waals surface area contributed by atoms with Gasteiger partial charge < -0.3 is 14.2 Å². The van der Waals surface area contributed by atoms with E-state index in [1.807, 2.05) is 49.4 Å². The fourth-order valence-corrected chi connectivity index (χ4v) is 4.31. The van der Waals surface area contributed by atoms with Crippen LogP contribution in [0.25, 0.3) is 10.8 Å². The van der Waals surface area contributed by atoms with Crippen LogP contribution in [0.15, 0.2) is 68.7 Å². The number of nitrogens with zero attached hydrogens (tertiary/aromatic N) is 1. The molecule has 0 saturated heterocycles. The summed E-state index contributed by atoms with van der Waals surface area (Å²) >= 11 is 0. The molecule has 0 aliphatic heterocycles. The third-order valence-electron chi connectivity index (χ3n) is 5.97. The van der Waals surface area contributed by atoms with Crippen LogP contribution >= 0.6 is 0 Å². The zero-order valence-corrected chi connectivity index (χ0v) is 18.4. The van der Waals surface area contributed by atoms with Crippen LogP contribution < -0.4 is 10.7 Å². The Kier molecular flexibility index (Phi) is 5.30. The minimum atomic E-state index is -0.337. The minimum absolute atomic E-state index is 0.263. The van der Waals surface area contributed by atoms with Crippen LogP contribution in [0.3, 0.4) is 0 Å². The first kappa shape index (κ1) is 20.8. The van der Waals surface area contributed by atoms with Crippen molar-refractivity contribution in [2.45, 2.75) is 33.1 Å². The number of hydrogen-bond donors (Lipinski definition) is 2. The quantitative estimate of drug-likeness (QED) is 0.416. The normalized spacial score (nSPS) is 14.3. The highest BCUT2D eigenvalue weighted by atomic mass is 16.4. The first-order valence-corrected chi connectivity index (χ1v) is 10.9. The molecule has 5 rings (SSSR count). The lowest BCUT2D eigenvalue weighted by atomic mass is 9.93. The molecule has 0 saturated carbocycles. The van der Waals surface area contributed by atoms with Gasteiger partial charge in [0.05, 0.1) is 17.5 Å². The van der Waals surface area contributed by atoms with Crippen molar-refractivity contribution in [2.75, 3.05) is 5.32 Å². The molecule has 2 N–H and O–H groups in total. The van der Waals surface area contributed by atoms with Gasteiger partial charge in [0.2, 0.25) is 0 Å². The Hall–Kier alpha value is -4.13. The number of nitrogens with one attached hydrogen (secondary N) is 2. The SMILES string of the molecule is Cc1occc1C(=O)N/N=C1\CCCc2oc(C(=O)Nc3cccc4ccccc34)c(C)c21. The van der Waals surface area contributed by atoms with Gasteiger partial charge in [0.1, 0.15) is 11.5 Å². The van der Waals surface area contributed by atoms with Gasteiger partial charge in [-0.05, 0) is 44.2 Å². The summed E-state index contributed by atoms with van der Waals surface area (Å²) < 4.78 is 11.2. The summed E-state index contributed by atoms with van der Waals surface area (Å²) in [6.07, 6.45) is 3.69. The summed E-state index contributed by atoms with van der Waals surface area (Å²) in [4.78, 5) is 25.6. The van der Waals surface area contributed by atoms with Crippen molar-refractivity contribution in [3.05, 3.63) is 88.8 Å². The lowest BCUT2D eigenvalue weighted by Crippen LogP contribution is -2.22. The topological polar surface area (TPSA) is 96.8 Å². The van der Waals surface area contributed by atoms with Crippen molar-refractivity contribution in [1.82, 2.24) is 5.43 Å². The summed E-state index contributed by atoms with van der Waals surface area (Å²) in [6.45, 7) is 3.57. The molecule has 2 heterocycles. The van der Waals surface area contributed by atoms with Crippen molar-refractivity contribution in [2.24, 2.45) is 5.10 Å². The molecule has 33 heavy (non-hydrogen) atoms. The second-order valence-corrected chi connectivity index (χ2v) is 8.08. The molecule has 0 unspecified atom stereocenters. The molecular formula is C26H23N3O4. The van der Waals surface area contributed by atoms with Crippen molar-refractivity contribution < 1.29 is 18.4 Å². The van der Waals surface area contributed by atoms with E-state index in [1.54, 1.807) is 13.0 Å². The molecule has 0 radical (unpaired) electrons. The van der Waals surface area contributed by atoms with E-state index in [-0.39, 0.29) is 17.6 Å². The number of benzene rings is 2. The number of rotatable bonds is 4. The van der Waals surface area contributed by atoms with Gasteiger partial charge in [0, 0.05) is 28.6 Å².